The zero-order valence-electron chi connectivity index (χ0n) is 21.6. The third-order valence-electron chi connectivity index (χ3n) is 7.12. The molecule has 3 aliphatic rings. The van der Waals surface area contributed by atoms with Gasteiger partial charge in [0.25, 0.3) is 0 Å². The summed E-state index contributed by atoms with van der Waals surface area (Å²) >= 11 is 0. The number of amidine groups is 1. The topological polar surface area (TPSA) is 136 Å². The molecule has 1 N–H and O–H groups in total. The van der Waals surface area contributed by atoms with Crippen LogP contribution in [0.3, 0.4) is 0 Å². The second kappa shape index (κ2) is 9.75. The standard InChI is InChI=1S/C25H30N4O8/c1-7-10-26-24(33)29-16(20(30)35-4)12-25-14-11-13(34-3)8-9-15(14)28(2)19(25)17(21(31)36-5)18(22(32)37-6)27-23(25)29/h8-9,11,16,19H,7,10,12H2,1-6H3,(H,26,33). The van der Waals surface area contributed by atoms with Gasteiger partial charge in [0.05, 0.1) is 45.5 Å². The molecule has 2 amide bonds. The van der Waals surface area contributed by atoms with Crippen molar-refractivity contribution in [3.8, 4) is 5.75 Å². The van der Waals surface area contributed by atoms with E-state index in [9.17, 15) is 19.2 Å². The highest BCUT2D eigenvalue weighted by Gasteiger charge is 2.67. The number of esters is 3. The summed E-state index contributed by atoms with van der Waals surface area (Å²) in [6, 6.07) is 2.88. The minimum atomic E-state index is -1.19. The summed E-state index contributed by atoms with van der Waals surface area (Å²) < 4.78 is 20.6. The molecule has 0 aromatic heterocycles. The van der Waals surface area contributed by atoms with Crippen molar-refractivity contribution < 1.29 is 38.1 Å². The Morgan fingerprint density at radius 3 is 2.38 bits per heavy atom. The summed E-state index contributed by atoms with van der Waals surface area (Å²) in [6.45, 7) is 2.25. The summed E-state index contributed by atoms with van der Waals surface area (Å²) in [6.07, 6.45) is 0.702. The maximum absolute atomic E-state index is 13.5. The van der Waals surface area contributed by atoms with Crippen molar-refractivity contribution in [2.24, 2.45) is 4.99 Å². The van der Waals surface area contributed by atoms with E-state index >= 15 is 0 Å². The van der Waals surface area contributed by atoms with Crippen LogP contribution < -0.4 is 15.0 Å². The number of carbonyl (C=O) groups is 4. The molecular formula is C25H30N4O8. The molecule has 4 rings (SSSR count). The molecule has 12 heteroatoms. The molecule has 0 aliphatic carbocycles. The van der Waals surface area contributed by atoms with Crippen molar-refractivity contribution in [3.05, 3.63) is 35.0 Å². The number of aliphatic imine (C=N–C) groups is 1. The van der Waals surface area contributed by atoms with Gasteiger partial charge < -0.3 is 29.2 Å². The zero-order chi connectivity index (χ0) is 27.1. The van der Waals surface area contributed by atoms with E-state index < -0.39 is 41.4 Å². The van der Waals surface area contributed by atoms with Crippen LogP contribution in [0.2, 0.25) is 0 Å². The number of nitrogens with zero attached hydrogens (tertiary/aromatic N) is 3. The number of anilines is 1. The molecule has 1 spiro atoms. The molecule has 1 aromatic rings. The van der Waals surface area contributed by atoms with Gasteiger partial charge in [-0.05, 0) is 36.6 Å². The molecule has 37 heavy (non-hydrogen) atoms. The number of hydrogen-bond acceptors (Lipinski definition) is 10. The van der Waals surface area contributed by atoms with Crippen LogP contribution in [-0.4, -0.2) is 88.8 Å². The summed E-state index contributed by atoms with van der Waals surface area (Å²) in [5.41, 5.74) is -0.124. The fraction of sp³-hybridized carbons (Fsp3) is 0.480. The lowest BCUT2D eigenvalue weighted by Gasteiger charge is -2.39. The Kier molecular flexibility index (Phi) is 6.85. The van der Waals surface area contributed by atoms with Gasteiger partial charge in [0.15, 0.2) is 5.70 Å². The molecule has 1 fully saturated rings. The van der Waals surface area contributed by atoms with Crippen LogP contribution in [0.4, 0.5) is 10.5 Å². The maximum atomic E-state index is 13.5. The average Bonchev–Trinajstić information content (AvgIpc) is 3.40. The van der Waals surface area contributed by atoms with E-state index in [-0.39, 0.29) is 23.5 Å². The number of amides is 2. The van der Waals surface area contributed by atoms with E-state index in [0.29, 0.717) is 30.0 Å². The number of rotatable bonds is 6. The van der Waals surface area contributed by atoms with E-state index in [4.69, 9.17) is 18.9 Å². The molecule has 1 saturated heterocycles. The van der Waals surface area contributed by atoms with Crippen LogP contribution in [0, 0.1) is 0 Å². The number of urea groups is 1. The van der Waals surface area contributed by atoms with Crippen molar-refractivity contribution in [3.63, 3.8) is 0 Å². The molecule has 0 saturated carbocycles. The number of carbonyl (C=O) groups excluding carboxylic acids is 4. The number of benzene rings is 1. The van der Waals surface area contributed by atoms with E-state index in [0.717, 1.165) is 0 Å². The van der Waals surface area contributed by atoms with E-state index in [1.807, 2.05) is 17.9 Å². The van der Waals surface area contributed by atoms with Gasteiger partial charge in [-0.3, -0.25) is 4.90 Å². The van der Waals surface area contributed by atoms with Gasteiger partial charge in [-0.25, -0.2) is 24.2 Å². The van der Waals surface area contributed by atoms with Gasteiger partial charge >= 0.3 is 23.9 Å². The number of fused-ring (bicyclic) bond motifs is 1. The monoisotopic (exact) mass is 514 g/mol. The second-order valence-electron chi connectivity index (χ2n) is 8.89. The summed E-state index contributed by atoms with van der Waals surface area (Å²) in [7, 11) is 6.90. The number of hydrogen-bond donors (Lipinski definition) is 1. The number of likely N-dealkylation sites (tertiary alicyclic amines) is 1. The molecule has 3 aliphatic heterocycles. The van der Waals surface area contributed by atoms with Gasteiger partial charge in [0.1, 0.15) is 17.6 Å². The van der Waals surface area contributed by atoms with E-state index in [1.165, 1.54) is 33.3 Å². The van der Waals surface area contributed by atoms with Crippen LogP contribution >= 0.6 is 0 Å². The molecule has 0 radical (unpaired) electrons. The Bertz CT molecular complexity index is 1230. The number of ether oxygens (including phenoxy) is 4. The normalized spacial score (nSPS) is 23.5. The first-order valence-electron chi connectivity index (χ1n) is 11.8. The average molecular weight is 515 g/mol. The molecule has 0 bridgehead atoms. The van der Waals surface area contributed by atoms with Crippen molar-refractivity contribution >= 4 is 35.5 Å². The number of likely N-dealkylation sites (N-methyl/N-ethyl adjacent to an activating group) is 1. The summed E-state index contributed by atoms with van der Waals surface area (Å²) in [5.74, 6) is -1.64. The third-order valence-corrected chi connectivity index (χ3v) is 7.12. The van der Waals surface area contributed by atoms with Gasteiger partial charge in [-0.15, -0.1) is 0 Å². The number of methoxy groups -OCH3 is 4. The molecular weight excluding hydrogens is 484 g/mol. The Balaban J connectivity index is 2.08. The lowest BCUT2D eigenvalue weighted by molar-refractivity contribution is -0.144. The highest BCUT2D eigenvalue weighted by atomic mass is 16.5. The van der Waals surface area contributed by atoms with Crippen LogP contribution in [0.15, 0.2) is 34.5 Å². The van der Waals surface area contributed by atoms with Crippen molar-refractivity contribution in [2.75, 3.05) is 46.9 Å². The lowest BCUT2D eigenvalue weighted by atomic mass is 9.69. The van der Waals surface area contributed by atoms with E-state index in [1.54, 1.807) is 19.2 Å². The molecule has 3 unspecified atom stereocenters. The zero-order valence-corrected chi connectivity index (χ0v) is 21.6. The first-order valence-corrected chi connectivity index (χ1v) is 11.8. The molecule has 1 aromatic carbocycles. The second-order valence-corrected chi connectivity index (χ2v) is 8.89. The van der Waals surface area contributed by atoms with Gasteiger partial charge in [-0.1, -0.05) is 6.92 Å². The van der Waals surface area contributed by atoms with Crippen molar-refractivity contribution in [1.29, 1.82) is 0 Å². The molecule has 198 valence electrons. The Morgan fingerprint density at radius 2 is 1.78 bits per heavy atom. The first-order chi connectivity index (χ1) is 17.7. The molecule has 3 atom stereocenters. The van der Waals surface area contributed by atoms with Gasteiger partial charge in [-0.2, -0.15) is 0 Å². The first kappa shape index (κ1) is 26.0. The maximum Gasteiger partial charge on any atom is 0.357 e. The summed E-state index contributed by atoms with van der Waals surface area (Å²) in [5, 5.41) is 2.79. The van der Waals surface area contributed by atoms with Gasteiger partial charge in [0.2, 0.25) is 0 Å². The minimum absolute atomic E-state index is 0.0322. The van der Waals surface area contributed by atoms with E-state index in [2.05, 4.69) is 10.3 Å². The Morgan fingerprint density at radius 1 is 1.08 bits per heavy atom. The highest BCUT2D eigenvalue weighted by molar-refractivity contribution is 6.17. The van der Waals surface area contributed by atoms with Crippen molar-refractivity contribution in [1.82, 2.24) is 10.2 Å². The Labute approximate surface area is 214 Å². The third kappa shape index (κ3) is 3.69. The SMILES string of the molecule is CCCNC(=O)N1C2=NC(C(=O)OC)=C(C(=O)OC)C3N(C)c4ccc(OC)cc4C23CC1C(=O)OC. The predicted octanol–water partition coefficient (Wildman–Crippen LogP) is 1.13. The minimum Gasteiger partial charge on any atom is -0.497 e. The van der Waals surface area contributed by atoms with Crippen LogP contribution in [0.25, 0.3) is 0 Å². The Hall–Kier alpha value is -4.09. The van der Waals surface area contributed by atoms with Crippen molar-refractivity contribution in [2.45, 2.75) is 37.3 Å². The van der Waals surface area contributed by atoms with Crippen LogP contribution in [0.1, 0.15) is 25.3 Å². The summed E-state index contributed by atoms with van der Waals surface area (Å²) in [4.78, 5) is 60.3. The quantitative estimate of drug-likeness (QED) is 0.438. The molecule has 3 heterocycles. The van der Waals surface area contributed by atoms with Crippen LogP contribution in [0.5, 0.6) is 5.75 Å². The van der Waals surface area contributed by atoms with Crippen LogP contribution in [-0.2, 0) is 34.0 Å². The predicted molar refractivity (Wildman–Crippen MR) is 131 cm³/mol. The van der Waals surface area contributed by atoms with Gasteiger partial charge in [0, 0.05) is 19.3 Å². The molecule has 12 nitrogen and oxygen atoms in total. The largest absolute Gasteiger partial charge is 0.497 e. The fourth-order valence-electron chi connectivity index (χ4n) is 5.58. The fourth-order valence-corrected chi connectivity index (χ4v) is 5.58. The smallest absolute Gasteiger partial charge is 0.357 e. The number of nitrogens with one attached hydrogen (secondary N) is 1. The lowest BCUT2D eigenvalue weighted by Crippen LogP contribution is -2.56. The highest BCUT2D eigenvalue weighted by Crippen LogP contribution is 2.58.